The Morgan fingerprint density at radius 3 is 1.57 bits per heavy atom. The molecule has 0 atom stereocenters. The molecule has 0 aliphatic carbocycles. The largest absolute Gasteiger partial charge is 0.363 e. The van der Waals surface area contributed by atoms with Crippen LogP contribution in [-0.2, 0) is 0 Å². The van der Waals surface area contributed by atoms with Crippen molar-refractivity contribution >= 4 is 40.2 Å². The van der Waals surface area contributed by atoms with E-state index in [1.54, 1.807) is 66.7 Å². The van der Waals surface area contributed by atoms with Gasteiger partial charge in [0.05, 0.1) is 9.85 Å². The van der Waals surface area contributed by atoms with E-state index in [1.165, 1.54) is 24.3 Å². The second kappa shape index (κ2) is 13.6. The highest BCUT2D eigenvalue weighted by Crippen LogP contribution is 2.31. The summed E-state index contributed by atoms with van der Waals surface area (Å²) in [6.45, 7) is 3.20. The number of rotatable bonds is 7. The number of piperazine rings is 1. The molecule has 1 fully saturated rings. The molecule has 1 aliphatic rings. The number of hydrogen-bond donors (Lipinski definition) is 0. The van der Waals surface area contributed by atoms with Crippen molar-refractivity contribution < 1.29 is 19.4 Å². The Morgan fingerprint density at radius 1 is 0.643 bits per heavy atom. The number of benzene rings is 4. The van der Waals surface area contributed by atoms with Crippen molar-refractivity contribution in [1.82, 2.24) is 4.90 Å². The lowest BCUT2D eigenvalue weighted by atomic mass is 10.0. The van der Waals surface area contributed by atoms with E-state index in [9.17, 15) is 29.8 Å². The number of nitrogens with zero attached hydrogens (tertiary/aromatic N) is 4. The van der Waals surface area contributed by atoms with Crippen LogP contribution < -0.4 is 4.90 Å². The van der Waals surface area contributed by atoms with Gasteiger partial charge >= 0.3 is 0 Å². The van der Waals surface area contributed by atoms with Gasteiger partial charge in [0.15, 0.2) is 11.6 Å². The molecule has 42 heavy (non-hydrogen) atoms. The molecule has 0 radical (unpaired) electrons. The van der Waals surface area contributed by atoms with E-state index in [0.29, 0.717) is 22.4 Å². The minimum absolute atomic E-state index is 0.0127. The van der Waals surface area contributed by atoms with Crippen molar-refractivity contribution in [3.8, 4) is 0 Å². The summed E-state index contributed by atoms with van der Waals surface area (Å²) in [4.78, 5) is 50.0. The highest BCUT2D eigenvalue weighted by atomic mass is 35.5. The fourth-order valence-corrected chi connectivity index (χ4v) is 4.62. The summed E-state index contributed by atoms with van der Waals surface area (Å²) in [5.74, 6) is -0.473. The number of nitro benzene ring substituents is 2. The summed E-state index contributed by atoms with van der Waals surface area (Å²) >= 11 is 5.69. The first-order valence-electron chi connectivity index (χ1n) is 13.0. The Labute approximate surface area is 247 Å². The first-order valence-corrected chi connectivity index (χ1v) is 13.4. The number of carbonyl (C=O) groups is 2. The first kappa shape index (κ1) is 30.0. The SMILES string of the molecule is CN1CCN(c2ccc(C(=O)c3ccccc3)cc2[N+](=O)[O-])CC1.O=C(c1ccccc1)c1ccc(Cl)c([N+](=O)[O-])c1. The molecule has 0 unspecified atom stereocenters. The molecule has 5 rings (SSSR count). The van der Waals surface area contributed by atoms with Crippen molar-refractivity contribution in [3.63, 3.8) is 0 Å². The predicted molar refractivity (Wildman–Crippen MR) is 161 cm³/mol. The normalized spacial score (nSPS) is 13.0. The summed E-state index contributed by atoms with van der Waals surface area (Å²) in [7, 11) is 2.04. The highest BCUT2D eigenvalue weighted by Gasteiger charge is 2.24. The Kier molecular flexibility index (Phi) is 9.74. The summed E-state index contributed by atoms with van der Waals surface area (Å²) in [5, 5.41) is 22.3. The van der Waals surface area contributed by atoms with Gasteiger partial charge in [-0.15, -0.1) is 0 Å². The molecule has 11 heteroatoms. The molecule has 4 aromatic rings. The molecule has 214 valence electrons. The number of ketones is 2. The fraction of sp³-hybridized carbons (Fsp3) is 0.161. The third kappa shape index (κ3) is 7.22. The average Bonchev–Trinajstić information content (AvgIpc) is 3.01. The van der Waals surface area contributed by atoms with Crippen LogP contribution in [0.1, 0.15) is 31.8 Å². The van der Waals surface area contributed by atoms with Crippen LogP contribution in [0.25, 0.3) is 0 Å². The zero-order valence-corrected chi connectivity index (χ0v) is 23.4. The number of nitro groups is 2. The first-order chi connectivity index (χ1) is 20.2. The monoisotopic (exact) mass is 586 g/mol. The van der Waals surface area contributed by atoms with E-state index in [2.05, 4.69) is 4.90 Å². The minimum atomic E-state index is -0.607. The van der Waals surface area contributed by atoms with Gasteiger partial charge in [0.2, 0.25) is 0 Å². The number of halogens is 1. The number of anilines is 1. The van der Waals surface area contributed by atoms with Crippen LogP contribution >= 0.6 is 11.6 Å². The number of likely N-dealkylation sites (N-methyl/N-ethyl adjacent to an activating group) is 1. The lowest BCUT2D eigenvalue weighted by Crippen LogP contribution is -2.44. The molecule has 1 aliphatic heterocycles. The molecular formula is C31H27ClN4O6. The lowest BCUT2D eigenvalue weighted by molar-refractivity contribution is -0.384. The van der Waals surface area contributed by atoms with Crippen molar-refractivity contribution in [3.05, 3.63) is 145 Å². The summed E-state index contributed by atoms with van der Waals surface area (Å²) in [5.41, 5.74) is 1.90. The average molecular weight is 587 g/mol. The quantitative estimate of drug-likeness (QED) is 0.145. The van der Waals surface area contributed by atoms with Crippen molar-refractivity contribution in [2.24, 2.45) is 0 Å². The Hall–Kier alpha value is -4.93. The van der Waals surface area contributed by atoms with E-state index in [1.807, 2.05) is 18.0 Å². The summed E-state index contributed by atoms with van der Waals surface area (Å²) < 4.78 is 0. The van der Waals surface area contributed by atoms with Crippen LogP contribution in [0.3, 0.4) is 0 Å². The zero-order chi connectivity index (χ0) is 30.2. The number of hydrogen-bond acceptors (Lipinski definition) is 8. The van der Waals surface area contributed by atoms with Crippen LogP contribution in [0, 0.1) is 20.2 Å². The van der Waals surface area contributed by atoms with Gasteiger partial charge in [0.25, 0.3) is 11.4 Å². The van der Waals surface area contributed by atoms with Crippen molar-refractivity contribution in [2.45, 2.75) is 0 Å². The Bertz CT molecular complexity index is 1610. The summed E-state index contributed by atoms with van der Waals surface area (Å²) in [6, 6.07) is 26.2. The lowest BCUT2D eigenvalue weighted by Gasteiger charge is -2.33. The van der Waals surface area contributed by atoms with Crippen molar-refractivity contribution in [1.29, 1.82) is 0 Å². The molecule has 0 saturated carbocycles. The molecule has 10 nitrogen and oxygen atoms in total. The molecule has 4 aromatic carbocycles. The molecule has 0 N–H and O–H groups in total. The predicted octanol–water partition coefficient (Wildman–Crippen LogP) is 6.06. The fourth-order valence-electron chi connectivity index (χ4n) is 4.43. The summed E-state index contributed by atoms with van der Waals surface area (Å²) in [6.07, 6.45) is 0. The van der Waals surface area contributed by atoms with E-state index in [0.717, 1.165) is 26.2 Å². The maximum atomic E-state index is 12.5. The molecular weight excluding hydrogens is 560 g/mol. The van der Waals surface area contributed by atoms with Crippen LogP contribution in [0.4, 0.5) is 17.1 Å². The van der Waals surface area contributed by atoms with Crippen LogP contribution in [0.2, 0.25) is 5.02 Å². The van der Waals surface area contributed by atoms with Gasteiger partial charge in [-0.05, 0) is 31.3 Å². The second-order valence-electron chi connectivity index (χ2n) is 9.56. The van der Waals surface area contributed by atoms with Gasteiger partial charge < -0.3 is 9.80 Å². The van der Waals surface area contributed by atoms with E-state index in [-0.39, 0.29) is 33.5 Å². The van der Waals surface area contributed by atoms with Crippen LogP contribution in [-0.4, -0.2) is 59.5 Å². The van der Waals surface area contributed by atoms with Gasteiger partial charge in [-0.25, -0.2) is 0 Å². The third-order valence-corrected chi connectivity index (χ3v) is 7.07. The smallest absolute Gasteiger partial charge is 0.293 e. The molecule has 0 bridgehead atoms. The maximum Gasteiger partial charge on any atom is 0.293 e. The van der Waals surface area contributed by atoms with Gasteiger partial charge in [0, 0.05) is 60.6 Å². The van der Waals surface area contributed by atoms with Crippen LogP contribution in [0.5, 0.6) is 0 Å². The Balaban J connectivity index is 0.000000201. The third-order valence-electron chi connectivity index (χ3n) is 6.76. The molecule has 0 spiro atoms. The Morgan fingerprint density at radius 2 is 1.10 bits per heavy atom. The molecule has 1 heterocycles. The van der Waals surface area contributed by atoms with Gasteiger partial charge in [-0.1, -0.05) is 72.3 Å². The number of carbonyl (C=O) groups excluding carboxylic acids is 2. The van der Waals surface area contributed by atoms with Gasteiger partial charge in [-0.3, -0.25) is 29.8 Å². The van der Waals surface area contributed by atoms with E-state index < -0.39 is 9.85 Å². The maximum absolute atomic E-state index is 12.5. The molecule has 0 amide bonds. The van der Waals surface area contributed by atoms with Gasteiger partial charge in [0.1, 0.15) is 10.7 Å². The highest BCUT2D eigenvalue weighted by molar-refractivity contribution is 6.32. The van der Waals surface area contributed by atoms with E-state index in [4.69, 9.17) is 11.6 Å². The van der Waals surface area contributed by atoms with Crippen molar-refractivity contribution in [2.75, 3.05) is 38.1 Å². The zero-order valence-electron chi connectivity index (χ0n) is 22.7. The van der Waals surface area contributed by atoms with Gasteiger partial charge in [-0.2, -0.15) is 0 Å². The molecule has 0 aromatic heterocycles. The minimum Gasteiger partial charge on any atom is -0.363 e. The van der Waals surface area contributed by atoms with Crippen LogP contribution in [0.15, 0.2) is 97.1 Å². The standard InChI is InChI=1S/C18H19N3O3.C13H8ClNO3/c1-19-9-11-20(12-10-19)16-8-7-15(13-17(16)21(23)24)18(22)14-5-3-2-4-6-14;14-11-7-6-10(8-12(11)15(17)18)13(16)9-4-2-1-3-5-9/h2-8,13H,9-12H2,1H3;1-8H. The topological polar surface area (TPSA) is 127 Å². The second-order valence-corrected chi connectivity index (χ2v) is 9.97. The van der Waals surface area contributed by atoms with E-state index >= 15 is 0 Å². The molecule has 1 saturated heterocycles.